The minimum atomic E-state index is -0.558. The van der Waals surface area contributed by atoms with E-state index in [9.17, 15) is 14.4 Å². The van der Waals surface area contributed by atoms with Crippen molar-refractivity contribution in [2.45, 2.75) is 71.6 Å². The first-order chi connectivity index (χ1) is 14.6. The molecule has 2 unspecified atom stereocenters. The highest BCUT2D eigenvalue weighted by Crippen LogP contribution is 2.26. The summed E-state index contributed by atoms with van der Waals surface area (Å²) in [5, 5.41) is 2.81. The van der Waals surface area contributed by atoms with Gasteiger partial charge in [0.2, 0.25) is 11.8 Å². The summed E-state index contributed by atoms with van der Waals surface area (Å²) >= 11 is 0. The fourth-order valence-electron chi connectivity index (χ4n) is 4.26. The number of carbonyl (C=O) groups is 3. The first kappa shape index (κ1) is 23.1. The molecule has 2 heterocycles. The lowest BCUT2D eigenvalue weighted by Crippen LogP contribution is -2.51. The maximum atomic E-state index is 13.3. The average molecular weight is 430 g/mol. The van der Waals surface area contributed by atoms with Crippen LogP contribution in [0.1, 0.15) is 57.6 Å². The van der Waals surface area contributed by atoms with E-state index in [1.54, 1.807) is 4.90 Å². The van der Waals surface area contributed by atoms with Gasteiger partial charge in [0.1, 0.15) is 5.60 Å². The fraction of sp³-hybridized carbons (Fsp3) is 0.625. The van der Waals surface area contributed by atoms with Crippen molar-refractivity contribution in [2.24, 2.45) is 5.92 Å². The van der Waals surface area contributed by atoms with Crippen LogP contribution in [0.25, 0.3) is 0 Å². The number of hydrogen-bond acceptors (Lipinski definition) is 4. The second-order valence-electron chi connectivity index (χ2n) is 9.72. The number of hydrogen-bond donors (Lipinski definition) is 1. The lowest BCUT2D eigenvalue weighted by atomic mass is 9.98. The second-order valence-corrected chi connectivity index (χ2v) is 9.72. The molecule has 0 saturated carbocycles. The van der Waals surface area contributed by atoms with Gasteiger partial charge in [-0.3, -0.25) is 9.59 Å². The molecular weight excluding hydrogens is 394 g/mol. The summed E-state index contributed by atoms with van der Waals surface area (Å²) in [6, 6.07) is 8.07. The molecule has 1 aromatic rings. The Labute approximate surface area is 185 Å². The van der Waals surface area contributed by atoms with Crippen molar-refractivity contribution in [1.82, 2.24) is 15.1 Å². The molecule has 0 aliphatic carbocycles. The molecule has 0 radical (unpaired) electrons. The smallest absolute Gasteiger partial charge is 0.407 e. The van der Waals surface area contributed by atoms with Crippen LogP contribution in [0, 0.1) is 12.8 Å². The van der Waals surface area contributed by atoms with Crippen LogP contribution in [0.2, 0.25) is 0 Å². The number of nitrogens with one attached hydrogen (secondary N) is 1. The Morgan fingerprint density at radius 3 is 2.55 bits per heavy atom. The lowest BCUT2D eigenvalue weighted by molar-refractivity contribution is -0.139. The Morgan fingerprint density at radius 2 is 1.87 bits per heavy atom. The maximum Gasteiger partial charge on any atom is 0.407 e. The van der Waals surface area contributed by atoms with Gasteiger partial charge in [-0.15, -0.1) is 0 Å². The van der Waals surface area contributed by atoms with E-state index in [0.717, 1.165) is 24.8 Å². The van der Waals surface area contributed by atoms with Gasteiger partial charge in [0, 0.05) is 38.6 Å². The van der Waals surface area contributed by atoms with Gasteiger partial charge in [0.25, 0.3) is 0 Å². The summed E-state index contributed by atoms with van der Waals surface area (Å²) in [5.74, 6) is -0.269. The normalized spacial score (nSPS) is 21.9. The summed E-state index contributed by atoms with van der Waals surface area (Å²) in [7, 11) is 0. The van der Waals surface area contributed by atoms with E-state index in [4.69, 9.17) is 4.74 Å². The Kier molecular flexibility index (Phi) is 7.23. The number of rotatable bonds is 5. The molecule has 3 amide bonds. The third-order valence-electron chi connectivity index (χ3n) is 5.85. The highest BCUT2D eigenvalue weighted by molar-refractivity contribution is 5.89. The average Bonchev–Trinajstić information content (AvgIpc) is 3.07. The van der Waals surface area contributed by atoms with Crippen molar-refractivity contribution < 1.29 is 19.1 Å². The van der Waals surface area contributed by atoms with Crippen LogP contribution < -0.4 is 5.32 Å². The summed E-state index contributed by atoms with van der Waals surface area (Å²) < 4.78 is 5.31. The zero-order valence-electron chi connectivity index (χ0n) is 19.1. The van der Waals surface area contributed by atoms with E-state index in [1.165, 1.54) is 5.56 Å². The second kappa shape index (κ2) is 9.71. The highest BCUT2D eigenvalue weighted by Gasteiger charge is 2.39. The Bertz CT molecular complexity index is 800. The number of amides is 3. The monoisotopic (exact) mass is 429 g/mol. The predicted molar refractivity (Wildman–Crippen MR) is 118 cm³/mol. The lowest BCUT2D eigenvalue weighted by Gasteiger charge is -2.37. The van der Waals surface area contributed by atoms with Crippen molar-refractivity contribution in [3.63, 3.8) is 0 Å². The SMILES string of the molecule is Cc1ccc(CN2CC(C(=O)N3CCCCC3CNC(=O)OC(C)(C)C)CC2=O)cc1. The van der Waals surface area contributed by atoms with Crippen LogP contribution in [-0.4, -0.2) is 59.0 Å². The number of alkyl carbamates (subject to hydrolysis) is 1. The molecule has 0 bridgehead atoms. The number of ether oxygens (including phenoxy) is 1. The van der Waals surface area contributed by atoms with E-state index < -0.39 is 11.7 Å². The molecule has 3 rings (SSSR count). The Hall–Kier alpha value is -2.57. The van der Waals surface area contributed by atoms with Crippen LogP contribution in [0.3, 0.4) is 0 Å². The third-order valence-corrected chi connectivity index (χ3v) is 5.85. The zero-order chi connectivity index (χ0) is 22.6. The van der Waals surface area contributed by atoms with Gasteiger partial charge in [0.05, 0.1) is 5.92 Å². The maximum absolute atomic E-state index is 13.3. The molecule has 1 aromatic carbocycles. The molecule has 2 aliphatic heterocycles. The topological polar surface area (TPSA) is 79.0 Å². The van der Waals surface area contributed by atoms with Gasteiger partial charge in [-0.1, -0.05) is 29.8 Å². The number of piperidine rings is 1. The highest BCUT2D eigenvalue weighted by atomic mass is 16.6. The van der Waals surface area contributed by atoms with Crippen LogP contribution in [0.15, 0.2) is 24.3 Å². The van der Waals surface area contributed by atoms with Gasteiger partial charge < -0.3 is 19.9 Å². The van der Waals surface area contributed by atoms with Crippen LogP contribution in [0.4, 0.5) is 4.79 Å². The number of aryl methyl sites for hydroxylation is 1. The molecule has 2 saturated heterocycles. The molecule has 2 fully saturated rings. The van der Waals surface area contributed by atoms with Gasteiger partial charge in [-0.2, -0.15) is 0 Å². The van der Waals surface area contributed by atoms with E-state index in [-0.39, 0.29) is 30.2 Å². The number of likely N-dealkylation sites (tertiary alicyclic amines) is 2. The largest absolute Gasteiger partial charge is 0.444 e. The van der Waals surface area contributed by atoms with E-state index >= 15 is 0 Å². The van der Waals surface area contributed by atoms with Crippen molar-refractivity contribution in [2.75, 3.05) is 19.6 Å². The molecule has 2 atom stereocenters. The predicted octanol–water partition coefficient (Wildman–Crippen LogP) is 3.25. The van der Waals surface area contributed by atoms with E-state index in [0.29, 0.717) is 26.2 Å². The van der Waals surface area contributed by atoms with Crippen molar-refractivity contribution >= 4 is 17.9 Å². The zero-order valence-corrected chi connectivity index (χ0v) is 19.1. The minimum Gasteiger partial charge on any atom is -0.444 e. The molecule has 7 nitrogen and oxygen atoms in total. The van der Waals surface area contributed by atoms with Crippen LogP contribution in [-0.2, 0) is 20.9 Å². The summed E-state index contributed by atoms with van der Waals surface area (Å²) in [6.45, 7) is 9.52. The summed E-state index contributed by atoms with van der Waals surface area (Å²) in [6.07, 6.45) is 2.60. The molecule has 0 aromatic heterocycles. The minimum absolute atomic E-state index is 0.0236. The molecule has 1 N–H and O–H groups in total. The first-order valence-corrected chi connectivity index (χ1v) is 11.2. The molecule has 170 valence electrons. The van der Waals surface area contributed by atoms with Crippen molar-refractivity contribution in [3.8, 4) is 0 Å². The number of nitrogens with zero attached hydrogens (tertiary/aromatic N) is 2. The number of carbonyl (C=O) groups excluding carboxylic acids is 3. The molecular formula is C24H35N3O4. The van der Waals surface area contributed by atoms with Gasteiger partial charge in [-0.05, 0) is 52.5 Å². The Morgan fingerprint density at radius 1 is 1.16 bits per heavy atom. The quantitative estimate of drug-likeness (QED) is 0.779. The van der Waals surface area contributed by atoms with Gasteiger partial charge >= 0.3 is 6.09 Å². The molecule has 2 aliphatic rings. The third kappa shape index (κ3) is 6.45. The first-order valence-electron chi connectivity index (χ1n) is 11.2. The van der Waals surface area contributed by atoms with Crippen molar-refractivity contribution in [3.05, 3.63) is 35.4 Å². The summed E-state index contributed by atoms with van der Waals surface area (Å²) in [4.78, 5) is 41.5. The standard InChI is InChI=1S/C24H35N3O4/c1-17-8-10-18(11-9-17)15-26-16-19(13-21(26)28)22(29)27-12-6-5-7-20(27)14-25-23(30)31-24(2,3)4/h8-11,19-20H,5-7,12-16H2,1-4H3,(H,25,30). The van der Waals surface area contributed by atoms with Crippen LogP contribution in [0.5, 0.6) is 0 Å². The fourth-order valence-corrected chi connectivity index (χ4v) is 4.26. The summed E-state index contributed by atoms with van der Waals surface area (Å²) in [5.41, 5.74) is 1.70. The Balaban J connectivity index is 1.57. The molecule has 7 heteroatoms. The molecule has 0 spiro atoms. The van der Waals surface area contributed by atoms with Crippen molar-refractivity contribution in [1.29, 1.82) is 0 Å². The van der Waals surface area contributed by atoms with Gasteiger partial charge in [0.15, 0.2) is 0 Å². The van der Waals surface area contributed by atoms with Gasteiger partial charge in [-0.25, -0.2) is 4.79 Å². The van der Waals surface area contributed by atoms with E-state index in [2.05, 4.69) is 5.32 Å². The molecule has 31 heavy (non-hydrogen) atoms. The van der Waals surface area contributed by atoms with Crippen LogP contribution >= 0.6 is 0 Å². The van der Waals surface area contributed by atoms with E-state index in [1.807, 2.05) is 56.9 Å². The number of benzene rings is 1.